The molecule has 1 fully saturated rings. The van der Waals surface area contributed by atoms with Crippen LogP contribution in [0.5, 0.6) is 0 Å². The maximum Gasteiger partial charge on any atom is 0.226 e. The number of Topliss-reactive ketones (excluding diaryl/α,β-unsaturated/α-hetero) is 2. The number of likely N-dealkylation sites (N-methyl/N-ethyl adjacent to an activating group) is 1. The standard InChI is InChI=1S/C44H70N4O6S/c1-13-30(6)40(47(10)43(52)34(28(2)3)26-38(50)44(8,9)46-29(4)5)37(53-11)27-39(51)48-22-17-20-35(48)41(54-12)31(7)36(49)25-33(42-45-21-23-55-42)24-32-18-15-14-16-19-32/h14-16,18-19,21,23,28-31,33-35,37,40-41,46H,13,17,20,22,24-27H2,1-12H3/t30-,31-,33+,34?,35-,37+,40-,41+/m0/s1. The third-order valence-electron chi connectivity index (χ3n) is 11.8. The van der Waals surface area contributed by atoms with Crippen LogP contribution in [0.3, 0.4) is 0 Å². The fourth-order valence-electron chi connectivity index (χ4n) is 8.48. The smallest absolute Gasteiger partial charge is 0.226 e. The van der Waals surface area contributed by atoms with Crippen molar-refractivity contribution < 1.29 is 28.7 Å². The van der Waals surface area contributed by atoms with Gasteiger partial charge in [-0.1, -0.05) is 71.4 Å². The largest absolute Gasteiger partial charge is 0.379 e. The molecule has 2 amide bonds. The Hall–Kier alpha value is -2.99. The highest BCUT2D eigenvalue weighted by atomic mass is 32.1. The minimum atomic E-state index is -0.767. The van der Waals surface area contributed by atoms with Crippen LogP contribution in [0.1, 0.15) is 117 Å². The SMILES string of the molecule is CC[C@H](C)[C@@H]([C@@H](CC(=O)N1CCC[C@H]1[C@H](OC)[C@@H](C)C(=O)C[C@@H](Cc1ccccc1)c1nccs1)OC)N(C)C(=O)C(CC(=O)C(C)(C)NC(C)C)C(C)C. The Labute approximate surface area is 335 Å². The molecule has 3 rings (SSSR count). The Morgan fingerprint density at radius 3 is 2.22 bits per heavy atom. The predicted octanol–water partition coefficient (Wildman–Crippen LogP) is 7.36. The summed E-state index contributed by atoms with van der Waals surface area (Å²) in [5, 5.41) is 6.23. The average molecular weight is 783 g/mol. The molecule has 8 atom stereocenters. The summed E-state index contributed by atoms with van der Waals surface area (Å²) in [6.45, 7) is 18.4. The highest BCUT2D eigenvalue weighted by Gasteiger charge is 2.43. The number of benzene rings is 1. The first kappa shape index (κ1) is 46.4. The summed E-state index contributed by atoms with van der Waals surface area (Å²) in [4.78, 5) is 64.4. The van der Waals surface area contributed by atoms with Gasteiger partial charge in [-0.3, -0.25) is 19.2 Å². The number of nitrogens with zero attached hydrogens (tertiary/aromatic N) is 3. The van der Waals surface area contributed by atoms with Gasteiger partial charge in [0.15, 0.2) is 5.78 Å². The van der Waals surface area contributed by atoms with E-state index in [9.17, 15) is 19.2 Å². The number of carbonyl (C=O) groups excluding carboxylic acids is 4. The van der Waals surface area contributed by atoms with E-state index in [1.54, 1.807) is 43.7 Å². The van der Waals surface area contributed by atoms with Crippen LogP contribution in [0.4, 0.5) is 0 Å². The van der Waals surface area contributed by atoms with Crippen molar-refractivity contribution in [3.63, 3.8) is 0 Å². The Bertz CT molecular complexity index is 1500. The maximum atomic E-state index is 14.3. The molecule has 1 aliphatic heterocycles. The minimum Gasteiger partial charge on any atom is -0.379 e. The Morgan fingerprint density at radius 1 is 1.00 bits per heavy atom. The van der Waals surface area contributed by atoms with Gasteiger partial charge in [0.25, 0.3) is 0 Å². The van der Waals surface area contributed by atoms with E-state index in [2.05, 4.69) is 36.3 Å². The number of aromatic nitrogens is 1. The normalized spacial score (nSPS) is 18.8. The van der Waals surface area contributed by atoms with Crippen molar-refractivity contribution in [3.05, 3.63) is 52.5 Å². The number of amides is 2. The van der Waals surface area contributed by atoms with Crippen LogP contribution < -0.4 is 5.32 Å². The zero-order valence-electron chi connectivity index (χ0n) is 35.7. The van der Waals surface area contributed by atoms with Gasteiger partial charge in [0.05, 0.1) is 41.3 Å². The van der Waals surface area contributed by atoms with Crippen LogP contribution in [0, 0.1) is 23.7 Å². The van der Waals surface area contributed by atoms with Gasteiger partial charge in [0.2, 0.25) is 11.8 Å². The van der Waals surface area contributed by atoms with E-state index in [-0.39, 0.29) is 66.1 Å². The Morgan fingerprint density at radius 2 is 1.67 bits per heavy atom. The second-order valence-electron chi connectivity index (χ2n) is 16.9. The van der Waals surface area contributed by atoms with Crippen LogP contribution in [0.15, 0.2) is 41.9 Å². The molecule has 1 N–H and O–H groups in total. The number of thiazole rings is 1. The molecular weight excluding hydrogens is 713 g/mol. The lowest BCUT2D eigenvalue weighted by Crippen LogP contribution is -2.55. The molecule has 2 aromatic rings. The molecule has 11 heteroatoms. The van der Waals surface area contributed by atoms with Crippen LogP contribution >= 0.6 is 11.3 Å². The highest BCUT2D eigenvalue weighted by molar-refractivity contribution is 7.09. The maximum absolute atomic E-state index is 14.3. The van der Waals surface area contributed by atoms with Gasteiger partial charge >= 0.3 is 0 Å². The molecular formula is C44H70N4O6S. The number of ether oxygens (including phenoxy) is 2. The summed E-state index contributed by atoms with van der Waals surface area (Å²) in [5.41, 5.74) is 0.392. The van der Waals surface area contributed by atoms with Gasteiger partial charge in [0, 0.05) is 76.0 Å². The van der Waals surface area contributed by atoms with Crippen LogP contribution in [-0.2, 0) is 35.1 Å². The molecule has 1 saturated heterocycles. The third kappa shape index (κ3) is 12.5. The molecule has 0 spiro atoms. The van der Waals surface area contributed by atoms with Gasteiger partial charge in [-0.05, 0) is 64.4 Å². The molecule has 55 heavy (non-hydrogen) atoms. The number of carbonyl (C=O) groups is 4. The van der Waals surface area contributed by atoms with Crippen molar-refractivity contribution in [2.45, 2.75) is 149 Å². The van der Waals surface area contributed by atoms with E-state index in [1.165, 1.54) is 0 Å². The predicted molar refractivity (Wildman–Crippen MR) is 221 cm³/mol. The van der Waals surface area contributed by atoms with Gasteiger partial charge in [-0.2, -0.15) is 0 Å². The van der Waals surface area contributed by atoms with Crippen molar-refractivity contribution in [2.24, 2.45) is 23.7 Å². The lowest BCUT2D eigenvalue weighted by molar-refractivity contribution is -0.149. The Kier molecular flexibility index (Phi) is 18.1. The molecule has 0 saturated carbocycles. The number of hydrogen-bond acceptors (Lipinski definition) is 9. The zero-order valence-corrected chi connectivity index (χ0v) is 36.5. The monoisotopic (exact) mass is 783 g/mol. The zero-order chi connectivity index (χ0) is 41.0. The van der Waals surface area contributed by atoms with Crippen LogP contribution in [0.2, 0.25) is 0 Å². The van der Waals surface area contributed by atoms with Crippen LogP contribution in [-0.4, -0.2) is 102 Å². The lowest BCUT2D eigenvalue weighted by Gasteiger charge is -2.41. The molecule has 10 nitrogen and oxygen atoms in total. The number of likely N-dealkylation sites (tertiary alicyclic amines) is 1. The molecule has 2 heterocycles. The van der Waals surface area contributed by atoms with Gasteiger partial charge in [-0.15, -0.1) is 11.3 Å². The molecule has 1 aromatic carbocycles. The second-order valence-corrected chi connectivity index (χ2v) is 17.8. The van der Waals surface area contributed by atoms with Gasteiger partial charge < -0.3 is 24.6 Å². The fourth-order valence-corrected chi connectivity index (χ4v) is 9.22. The Balaban J connectivity index is 1.78. The third-order valence-corrected chi connectivity index (χ3v) is 12.7. The summed E-state index contributed by atoms with van der Waals surface area (Å²) in [7, 11) is 5.02. The number of rotatable bonds is 23. The van der Waals surface area contributed by atoms with Crippen molar-refractivity contribution in [2.75, 3.05) is 27.8 Å². The van der Waals surface area contributed by atoms with E-state index in [0.29, 0.717) is 19.4 Å². The summed E-state index contributed by atoms with van der Waals surface area (Å²) >= 11 is 1.57. The molecule has 1 aromatic heterocycles. The van der Waals surface area contributed by atoms with E-state index < -0.39 is 35.6 Å². The molecule has 0 radical (unpaired) electrons. The molecule has 0 bridgehead atoms. The molecule has 1 unspecified atom stereocenters. The van der Waals surface area contributed by atoms with E-state index in [1.807, 2.05) is 76.9 Å². The van der Waals surface area contributed by atoms with E-state index in [4.69, 9.17) is 9.47 Å². The average Bonchev–Trinajstić information content (AvgIpc) is 3.86. The fraction of sp³-hybridized carbons (Fsp3) is 0.705. The van der Waals surface area contributed by atoms with E-state index >= 15 is 0 Å². The molecule has 308 valence electrons. The summed E-state index contributed by atoms with van der Waals surface area (Å²) in [6, 6.07) is 9.65. The van der Waals surface area contributed by atoms with Gasteiger partial charge in [0.1, 0.15) is 5.78 Å². The number of hydrogen-bond donors (Lipinski definition) is 1. The topological polar surface area (TPSA) is 118 Å². The second kappa shape index (κ2) is 21.5. The molecule has 0 aliphatic carbocycles. The quantitative estimate of drug-likeness (QED) is 0.124. The minimum absolute atomic E-state index is 0.00408. The highest BCUT2D eigenvalue weighted by Crippen LogP contribution is 2.33. The van der Waals surface area contributed by atoms with Crippen molar-refractivity contribution in [1.82, 2.24) is 20.1 Å². The number of methoxy groups -OCH3 is 2. The lowest BCUT2D eigenvalue weighted by atomic mass is 9.82. The van der Waals surface area contributed by atoms with Crippen molar-refractivity contribution in [3.8, 4) is 0 Å². The first-order valence-corrected chi connectivity index (χ1v) is 21.2. The van der Waals surface area contributed by atoms with E-state index in [0.717, 1.165) is 29.8 Å². The molecule has 1 aliphatic rings. The van der Waals surface area contributed by atoms with Crippen molar-refractivity contribution in [1.29, 1.82) is 0 Å². The number of ketones is 2. The first-order valence-electron chi connectivity index (χ1n) is 20.4. The summed E-state index contributed by atoms with van der Waals surface area (Å²) in [5.74, 6) is -1.14. The van der Waals surface area contributed by atoms with Gasteiger partial charge in [-0.25, -0.2) is 4.98 Å². The number of nitrogens with one attached hydrogen (secondary N) is 1. The van der Waals surface area contributed by atoms with Crippen molar-refractivity contribution >= 4 is 34.7 Å². The van der Waals surface area contributed by atoms with Crippen LogP contribution in [0.25, 0.3) is 0 Å². The summed E-state index contributed by atoms with van der Waals surface area (Å²) in [6.07, 6.45) is 4.32. The first-order chi connectivity index (χ1) is 26.0. The summed E-state index contributed by atoms with van der Waals surface area (Å²) < 4.78 is 12.2.